The van der Waals surface area contributed by atoms with E-state index in [0.717, 1.165) is 16.6 Å². The minimum Gasteiger partial charge on any atom is -0.338 e. The highest BCUT2D eigenvalue weighted by molar-refractivity contribution is 8.00. The molecule has 4 rings (SSSR count). The van der Waals surface area contributed by atoms with Crippen LogP contribution in [0.2, 0.25) is 0 Å². The highest BCUT2D eigenvalue weighted by Gasteiger charge is 2.14. The average Bonchev–Trinajstić information content (AvgIpc) is 3.05. The third kappa shape index (κ3) is 3.87. The highest BCUT2D eigenvalue weighted by atomic mass is 32.2. The zero-order valence-corrected chi connectivity index (χ0v) is 16.7. The van der Waals surface area contributed by atoms with E-state index in [0.29, 0.717) is 11.5 Å². The van der Waals surface area contributed by atoms with Gasteiger partial charge in [-0.05, 0) is 48.5 Å². The lowest BCUT2D eigenvalue weighted by Crippen LogP contribution is -2.16. The van der Waals surface area contributed by atoms with Crippen LogP contribution in [0.4, 0.5) is 4.39 Å². The van der Waals surface area contributed by atoms with Gasteiger partial charge in [0, 0.05) is 33.2 Å². The molecule has 0 aliphatic carbocycles. The molecule has 2 heterocycles. The minimum atomic E-state index is -0.339. The van der Waals surface area contributed by atoms with Gasteiger partial charge in [0.1, 0.15) is 11.6 Å². The van der Waals surface area contributed by atoms with E-state index in [2.05, 4.69) is 42.9 Å². The molecule has 0 spiro atoms. The molecule has 0 unspecified atom stereocenters. The minimum absolute atomic E-state index is 0.126. The van der Waals surface area contributed by atoms with Crippen molar-refractivity contribution in [2.75, 3.05) is 0 Å². The van der Waals surface area contributed by atoms with Crippen molar-refractivity contribution in [3.05, 3.63) is 77.0 Å². The molecular formula is C22H20FN3OS. The number of pyridine rings is 1. The summed E-state index contributed by atoms with van der Waals surface area (Å²) < 4.78 is 14.8. The Hall–Kier alpha value is -2.86. The van der Waals surface area contributed by atoms with Gasteiger partial charge in [0.2, 0.25) is 0 Å². The summed E-state index contributed by atoms with van der Waals surface area (Å²) in [5.74, 6) is 0.345. The third-order valence-electron chi connectivity index (χ3n) is 4.17. The van der Waals surface area contributed by atoms with Crippen molar-refractivity contribution < 1.29 is 4.39 Å². The molecule has 0 amide bonds. The summed E-state index contributed by atoms with van der Waals surface area (Å²) in [6.45, 7) is 6.54. The van der Waals surface area contributed by atoms with E-state index in [1.165, 1.54) is 27.7 Å². The first kappa shape index (κ1) is 18.5. The first-order valence-corrected chi connectivity index (χ1v) is 9.78. The van der Waals surface area contributed by atoms with Gasteiger partial charge in [0.25, 0.3) is 5.56 Å². The molecule has 6 heteroatoms. The van der Waals surface area contributed by atoms with E-state index in [1.807, 2.05) is 6.07 Å². The second-order valence-electron chi connectivity index (χ2n) is 7.58. The molecule has 2 aromatic carbocycles. The van der Waals surface area contributed by atoms with Gasteiger partial charge in [-0.3, -0.25) is 9.36 Å². The second-order valence-corrected chi connectivity index (χ2v) is 9.48. The molecule has 4 aromatic rings. The molecule has 0 radical (unpaired) electrons. The standard InChI is InChI=1S/C22H20FN3OS/c1-22(2,3)28-17-9-10-18-19(12-17)25-21(24-18)14-4-11-20(27)26(13-14)16-7-5-15(23)6-8-16/h4-13H,1-3H3,(H,24,25). The molecule has 0 saturated carbocycles. The summed E-state index contributed by atoms with van der Waals surface area (Å²) in [4.78, 5) is 21.5. The molecule has 0 atom stereocenters. The van der Waals surface area contributed by atoms with Gasteiger partial charge >= 0.3 is 0 Å². The number of H-pyrrole nitrogens is 1. The van der Waals surface area contributed by atoms with E-state index < -0.39 is 0 Å². The fraction of sp³-hybridized carbons (Fsp3) is 0.182. The summed E-state index contributed by atoms with van der Waals surface area (Å²) in [5, 5.41) is 0. The van der Waals surface area contributed by atoms with Gasteiger partial charge in [0.15, 0.2) is 0 Å². The van der Waals surface area contributed by atoms with Crippen LogP contribution in [0, 0.1) is 5.82 Å². The number of aromatic nitrogens is 3. The van der Waals surface area contributed by atoms with Crippen molar-refractivity contribution in [2.24, 2.45) is 0 Å². The van der Waals surface area contributed by atoms with Gasteiger partial charge in [-0.15, -0.1) is 11.8 Å². The predicted molar refractivity (Wildman–Crippen MR) is 113 cm³/mol. The maximum atomic E-state index is 13.2. The number of halogens is 1. The number of aromatic amines is 1. The molecule has 0 aliphatic heterocycles. The normalized spacial score (nSPS) is 11.9. The SMILES string of the molecule is CC(C)(C)Sc1ccc2nc(-c3ccc(=O)n(-c4ccc(F)cc4)c3)[nH]c2c1. The van der Waals surface area contributed by atoms with E-state index in [9.17, 15) is 9.18 Å². The Morgan fingerprint density at radius 3 is 2.50 bits per heavy atom. The van der Waals surface area contributed by atoms with Crippen molar-refractivity contribution in [2.45, 2.75) is 30.4 Å². The Kier molecular flexibility index (Phi) is 4.59. The van der Waals surface area contributed by atoms with E-state index in [-0.39, 0.29) is 16.1 Å². The van der Waals surface area contributed by atoms with E-state index >= 15 is 0 Å². The Labute approximate surface area is 166 Å². The predicted octanol–water partition coefficient (Wildman–Crippen LogP) is 5.41. The van der Waals surface area contributed by atoms with Crippen LogP contribution < -0.4 is 5.56 Å². The van der Waals surface area contributed by atoms with E-state index in [4.69, 9.17) is 0 Å². The smallest absolute Gasteiger partial charge is 0.255 e. The third-order valence-corrected chi connectivity index (χ3v) is 5.27. The molecule has 0 saturated heterocycles. The molecule has 0 aliphatic rings. The lowest BCUT2D eigenvalue weighted by Gasteiger charge is -2.17. The summed E-state index contributed by atoms with van der Waals surface area (Å²) >= 11 is 1.80. The molecule has 0 bridgehead atoms. The van der Waals surface area contributed by atoms with Gasteiger partial charge in [-0.1, -0.05) is 20.8 Å². The first-order valence-electron chi connectivity index (χ1n) is 8.96. The largest absolute Gasteiger partial charge is 0.338 e. The monoisotopic (exact) mass is 393 g/mol. The highest BCUT2D eigenvalue weighted by Crippen LogP contribution is 2.33. The van der Waals surface area contributed by atoms with Crippen LogP contribution in [0.1, 0.15) is 20.8 Å². The van der Waals surface area contributed by atoms with Crippen molar-refractivity contribution >= 4 is 22.8 Å². The van der Waals surface area contributed by atoms with Crippen LogP contribution in [-0.2, 0) is 0 Å². The number of nitrogens with zero attached hydrogens (tertiary/aromatic N) is 2. The molecule has 1 N–H and O–H groups in total. The lowest BCUT2D eigenvalue weighted by molar-refractivity contribution is 0.627. The summed E-state index contributed by atoms with van der Waals surface area (Å²) in [6.07, 6.45) is 1.72. The van der Waals surface area contributed by atoms with Crippen LogP contribution in [0.5, 0.6) is 0 Å². The second kappa shape index (κ2) is 6.95. The molecule has 28 heavy (non-hydrogen) atoms. The topological polar surface area (TPSA) is 50.7 Å². The number of hydrogen-bond donors (Lipinski definition) is 1. The molecule has 0 fully saturated rings. The van der Waals surface area contributed by atoms with Crippen LogP contribution in [0.15, 0.2) is 70.5 Å². The number of hydrogen-bond acceptors (Lipinski definition) is 3. The number of benzene rings is 2. The van der Waals surface area contributed by atoms with Crippen molar-refractivity contribution in [3.8, 4) is 17.1 Å². The van der Waals surface area contributed by atoms with E-state index in [1.54, 1.807) is 36.2 Å². The maximum Gasteiger partial charge on any atom is 0.255 e. The maximum absolute atomic E-state index is 13.2. The van der Waals surface area contributed by atoms with Crippen LogP contribution >= 0.6 is 11.8 Å². The Balaban J connectivity index is 1.74. The van der Waals surface area contributed by atoms with Gasteiger partial charge in [-0.2, -0.15) is 0 Å². The quantitative estimate of drug-likeness (QED) is 0.474. The molecule has 142 valence electrons. The summed E-state index contributed by atoms with van der Waals surface area (Å²) in [6, 6.07) is 15.2. The molecule has 2 aromatic heterocycles. The first-order chi connectivity index (χ1) is 13.3. The van der Waals surface area contributed by atoms with Gasteiger partial charge in [-0.25, -0.2) is 9.37 Å². The molecule has 4 nitrogen and oxygen atoms in total. The fourth-order valence-electron chi connectivity index (χ4n) is 2.97. The van der Waals surface area contributed by atoms with Crippen molar-refractivity contribution in [1.82, 2.24) is 14.5 Å². The van der Waals surface area contributed by atoms with Crippen molar-refractivity contribution in [1.29, 1.82) is 0 Å². The Morgan fingerprint density at radius 2 is 1.79 bits per heavy atom. The summed E-state index contributed by atoms with van der Waals surface area (Å²) in [7, 11) is 0. The number of thioether (sulfide) groups is 1. The lowest BCUT2D eigenvalue weighted by atomic mass is 10.2. The zero-order valence-electron chi connectivity index (χ0n) is 15.9. The number of fused-ring (bicyclic) bond motifs is 1. The fourth-order valence-corrected chi connectivity index (χ4v) is 3.99. The number of nitrogens with one attached hydrogen (secondary N) is 1. The van der Waals surface area contributed by atoms with Crippen LogP contribution in [0.25, 0.3) is 28.1 Å². The van der Waals surface area contributed by atoms with Crippen LogP contribution in [0.3, 0.4) is 0 Å². The number of imidazole rings is 1. The Morgan fingerprint density at radius 1 is 1.04 bits per heavy atom. The zero-order chi connectivity index (χ0) is 19.9. The van der Waals surface area contributed by atoms with Gasteiger partial charge in [0.05, 0.1) is 11.0 Å². The van der Waals surface area contributed by atoms with Crippen molar-refractivity contribution in [3.63, 3.8) is 0 Å². The Bertz CT molecular complexity index is 1200. The summed E-state index contributed by atoms with van der Waals surface area (Å²) in [5.41, 5.74) is 3.02. The van der Waals surface area contributed by atoms with Crippen LogP contribution in [-0.4, -0.2) is 19.3 Å². The number of rotatable bonds is 3. The average molecular weight is 393 g/mol. The molecular weight excluding hydrogens is 373 g/mol. The van der Waals surface area contributed by atoms with Gasteiger partial charge < -0.3 is 4.98 Å².